The quantitative estimate of drug-likeness (QED) is 0.0175. The standard InChI is InChI=1S/C43H79N5O8.C8H14O3.2ClH/c1-13-28-55-40(54)41(6,14-2)21-22-42(7,38(52)44-23-18-25-46(9)10)32-43(8,29-34(5)47-26-17-15-16-20-36(47)50)39(53)45-24-19-27-48(11,12)30-35(49)31-56-37(51)33(3)4;1-4-7(9)5-11-8(10)6(2)3;;/h34-35,49H,3,13-32H2,1-2,4-12H3,(H-,44,45,52,53);7,9H,2,4-5H2,1,3H3;2*1H. The summed E-state index contributed by atoms with van der Waals surface area (Å²) in [5.41, 5.74) is -2.21. The zero-order valence-corrected chi connectivity index (χ0v) is 46.4. The smallest absolute Gasteiger partial charge is 0.333 e. The van der Waals surface area contributed by atoms with Gasteiger partial charge in [-0.25, -0.2) is 9.59 Å². The number of carbonyl (C=O) groups excluding carboxylic acids is 6. The maximum atomic E-state index is 14.5. The van der Waals surface area contributed by atoms with Crippen molar-refractivity contribution in [2.45, 2.75) is 164 Å². The van der Waals surface area contributed by atoms with Gasteiger partial charge in [0, 0.05) is 66.9 Å². The third-order valence-electron chi connectivity index (χ3n) is 12.8. The number of ether oxygens (including phenoxy) is 3. The lowest BCUT2D eigenvalue weighted by Crippen LogP contribution is -3.05. The SMILES string of the molecule is C=C(C)C(=O)OCC(O)CC.C=C(C)C(=O)OCC(O)C[N+](C)(C)CCCNC(=O)C(C)(CC(C)N1CCCCCC1=O)CC(C)(CCC(C)(CC)C(=O)OCCC)C(=O)NCCC[NH+](C)C.[Cl-].[Cl-]. The van der Waals surface area contributed by atoms with E-state index < -0.39 is 40.4 Å². The van der Waals surface area contributed by atoms with E-state index in [9.17, 15) is 33.9 Å². The Labute approximate surface area is 428 Å². The third-order valence-corrected chi connectivity index (χ3v) is 12.8. The molecule has 1 rings (SSSR count). The molecule has 6 unspecified atom stereocenters. The Bertz CT molecular complexity index is 1600. The molecule has 1 aliphatic rings. The Morgan fingerprint density at radius 3 is 1.83 bits per heavy atom. The number of likely N-dealkylation sites (tertiary alicyclic amines) is 1. The molecule has 0 aromatic rings. The fourth-order valence-corrected chi connectivity index (χ4v) is 8.17. The van der Waals surface area contributed by atoms with Gasteiger partial charge in [-0.05, 0) is 85.5 Å². The number of aliphatic hydroxyl groups is 2. The minimum absolute atomic E-state index is 0. The van der Waals surface area contributed by atoms with E-state index in [1.165, 1.54) is 4.90 Å². The summed E-state index contributed by atoms with van der Waals surface area (Å²) in [6.45, 7) is 27.3. The van der Waals surface area contributed by atoms with Crippen LogP contribution in [0.3, 0.4) is 0 Å². The van der Waals surface area contributed by atoms with Gasteiger partial charge >= 0.3 is 17.9 Å². The van der Waals surface area contributed by atoms with Gasteiger partial charge in [-0.15, -0.1) is 0 Å². The Hall–Kier alpha value is -3.28. The predicted molar refractivity (Wildman–Crippen MR) is 263 cm³/mol. The number of hydrogen-bond acceptors (Lipinski definition) is 11. The van der Waals surface area contributed by atoms with E-state index in [1.807, 2.05) is 67.5 Å². The van der Waals surface area contributed by atoms with Crippen LogP contribution >= 0.6 is 0 Å². The first-order valence-electron chi connectivity index (χ1n) is 24.8. The van der Waals surface area contributed by atoms with Crippen molar-refractivity contribution in [1.82, 2.24) is 15.5 Å². The first-order valence-corrected chi connectivity index (χ1v) is 24.8. The molecule has 0 spiro atoms. The number of nitrogens with one attached hydrogen (secondary N) is 3. The van der Waals surface area contributed by atoms with Crippen molar-refractivity contribution in [3.8, 4) is 0 Å². The normalized spacial score (nSPS) is 16.6. The van der Waals surface area contributed by atoms with Gasteiger partial charge in [0.25, 0.3) is 0 Å². The second kappa shape index (κ2) is 34.9. The monoisotopic (exact) mass is 1020 g/mol. The molecule has 0 aromatic carbocycles. The summed E-state index contributed by atoms with van der Waals surface area (Å²) in [5.74, 6) is -1.48. The number of quaternary nitrogens is 2. The number of amides is 3. The lowest BCUT2D eigenvalue weighted by Gasteiger charge is -2.42. The van der Waals surface area contributed by atoms with Gasteiger partial charge in [0.15, 0.2) is 0 Å². The lowest BCUT2D eigenvalue weighted by atomic mass is 9.65. The maximum Gasteiger partial charge on any atom is 0.333 e. The van der Waals surface area contributed by atoms with E-state index in [-0.39, 0.29) is 79.8 Å². The van der Waals surface area contributed by atoms with E-state index >= 15 is 0 Å². The van der Waals surface area contributed by atoms with Gasteiger partial charge in [-0.1, -0.05) is 54.2 Å². The average Bonchev–Trinajstić information content (AvgIpc) is 3.49. The molecule has 0 aliphatic carbocycles. The van der Waals surface area contributed by atoms with Crippen molar-refractivity contribution in [3.63, 3.8) is 0 Å². The Morgan fingerprint density at radius 2 is 1.32 bits per heavy atom. The summed E-state index contributed by atoms with van der Waals surface area (Å²) in [4.78, 5) is 81.1. The minimum atomic E-state index is -1.04. The molecule has 5 N–H and O–H groups in total. The molecule has 1 fully saturated rings. The fraction of sp³-hybridized carbons (Fsp3) is 0.804. The molecule has 1 saturated heterocycles. The van der Waals surface area contributed by atoms with Crippen LogP contribution in [0.4, 0.5) is 0 Å². The predicted octanol–water partition coefficient (Wildman–Crippen LogP) is -1.68. The first-order chi connectivity index (χ1) is 31.1. The van der Waals surface area contributed by atoms with Crippen LogP contribution in [0.15, 0.2) is 24.3 Å². The van der Waals surface area contributed by atoms with Crippen LogP contribution < -0.4 is 40.3 Å². The molecule has 69 heavy (non-hydrogen) atoms. The molecular weight excluding hydrogens is 929 g/mol. The molecule has 0 radical (unpaired) electrons. The summed E-state index contributed by atoms with van der Waals surface area (Å²) in [7, 11) is 8.09. The van der Waals surface area contributed by atoms with E-state index in [4.69, 9.17) is 14.6 Å². The summed E-state index contributed by atoms with van der Waals surface area (Å²) < 4.78 is 15.8. The topological polar surface area (TPSA) is 202 Å². The summed E-state index contributed by atoms with van der Waals surface area (Å²) in [6, 6.07) is -0.229. The number of likely N-dealkylation sites (N-methyl/N-ethyl adjacent to an activating group) is 1. The summed E-state index contributed by atoms with van der Waals surface area (Å²) in [5, 5.41) is 25.9. The molecule has 6 atom stereocenters. The molecule has 404 valence electrons. The largest absolute Gasteiger partial charge is 1.00 e. The van der Waals surface area contributed by atoms with Gasteiger partial charge in [-0.3, -0.25) is 19.2 Å². The van der Waals surface area contributed by atoms with Crippen molar-refractivity contribution in [2.75, 3.05) is 87.3 Å². The average molecular weight is 1030 g/mol. The van der Waals surface area contributed by atoms with Crippen LogP contribution in [-0.4, -0.2) is 161 Å². The highest BCUT2D eigenvalue weighted by atomic mass is 35.5. The molecular formula is C51H95Cl2N5O11. The van der Waals surface area contributed by atoms with Crippen molar-refractivity contribution in [2.24, 2.45) is 16.2 Å². The molecule has 1 heterocycles. The van der Waals surface area contributed by atoms with Gasteiger partial charge in [-0.2, -0.15) is 0 Å². The summed E-state index contributed by atoms with van der Waals surface area (Å²) >= 11 is 0. The number of carbonyl (C=O) groups is 6. The number of hydrogen-bond donors (Lipinski definition) is 5. The first kappa shape index (κ1) is 70.0. The van der Waals surface area contributed by atoms with Crippen LogP contribution in [-0.2, 0) is 43.0 Å². The van der Waals surface area contributed by atoms with Crippen molar-refractivity contribution in [3.05, 3.63) is 24.3 Å². The molecule has 16 nitrogen and oxygen atoms in total. The number of esters is 3. The molecule has 0 aromatic heterocycles. The molecule has 0 bridgehead atoms. The van der Waals surface area contributed by atoms with Gasteiger partial charge in [0.1, 0.15) is 25.9 Å². The summed E-state index contributed by atoms with van der Waals surface area (Å²) in [6.07, 6.45) is 6.51. The van der Waals surface area contributed by atoms with Crippen LogP contribution in [0.1, 0.15) is 146 Å². The van der Waals surface area contributed by atoms with E-state index in [2.05, 4.69) is 42.6 Å². The van der Waals surface area contributed by atoms with Crippen LogP contribution in [0.2, 0.25) is 0 Å². The zero-order chi connectivity index (χ0) is 51.6. The highest BCUT2D eigenvalue weighted by Gasteiger charge is 2.47. The number of aliphatic hydroxyl groups excluding tert-OH is 2. The highest BCUT2D eigenvalue weighted by Crippen LogP contribution is 2.44. The van der Waals surface area contributed by atoms with Gasteiger partial charge in [0.2, 0.25) is 17.7 Å². The molecule has 18 heteroatoms. The van der Waals surface area contributed by atoms with Crippen molar-refractivity contribution < 1.29 is 87.4 Å². The second-order valence-electron chi connectivity index (χ2n) is 20.8. The van der Waals surface area contributed by atoms with Gasteiger partial charge < -0.3 is 74.2 Å². The van der Waals surface area contributed by atoms with E-state index in [0.717, 1.165) is 38.6 Å². The number of halogens is 2. The third kappa shape index (κ3) is 27.8. The molecule has 1 aliphatic heterocycles. The fourth-order valence-electron chi connectivity index (χ4n) is 8.17. The van der Waals surface area contributed by atoms with Crippen LogP contribution in [0.25, 0.3) is 0 Å². The highest BCUT2D eigenvalue weighted by molar-refractivity contribution is 5.88. The molecule has 0 saturated carbocycles. The number of nitrogens with zero attached hydrogens (tertiary/aromatic N) is 2. The Morgan fingerprint density at radius 1 is 0.797 bits per heavy atom. The maximum absolute atomic E-state index is 14.5. The van der Waals surface area contributed by atoms with Gasteiger partial charge in [0.05, 0.1) is 59.4 Å². The minimum Gasteiger partial charge on any atom is -1.00 e. The van der Waals surface area contributed by atoms with Crippen molar-refractivity contribution >= 4 is 35.6 Å². The molecule has 3 amide bonds. The second-order valence-corrected chi connectivity index (χ2v) is 20.8. The Balaban J connectivity index is -0.00000296. The van der Waals surface area contributed by atoms with Crippen LogP contribution in [0, 0.1) is 16.2 Å². The van der Waals surface area contributed by atoms with Crippen molar-refractivity contribution in [1.29, 1.82) is 0 Å². The Kier molecular flexibility index (Phi) is 35.4. The van der Waals surface area contributed by atoms with E-state index in [0.29, 0.717) is 94.3 Å². The lowest BCUT2D eigenvalue weighted by molar-refractivity contribution is -0.893. The number of rotatable bonds is 31. The van der Waals surface area contributed by atoms with E-state index in [1.54, 1.807) is 13.8 Å². The zero-order valence-electron chi connectivity index (χ0n) is 44.9. The van der Waals surface area contributed by atoms with Crippen LogP contribution in [0.5, 0.6) is 0 Å².